The standard InChI is InChI=1S/C18H36O2/c1-3-5-7-9-11-13-17(20-18-15-19-16-18)14-12-10-8-6-4-2/h17-18H,3-16H2,1-2H3. The minimum Gasteiger partial charge on any atom is -0.376 e. The van der Waals surface area contributed by atoms with Crippen LogP contribution in [0.1, 0.15) is 90.9 Å². The van der Waals surface area contributed by atoms with Crippen molar-refractivity contribution in [2.75, 3.05) is 13.2 Å². The third kappa shape index (κ3) is 8.97. The predicted octanol–water partition coefficient (Wildman–Crippen LogP) is 5.49. The monoisotopic (exact) mass is 284 g/mol. The van der Waals surface area contributed by atoms with Crippen LogP contribution in [0.3, 0.4) is 0 Å². The Morgan fingerprint density at radius 3 is 1.70 bits per heavy atom. The summed E-state index contributed by atoms with van der Waals surface area (Å²) in [5.41, 5.74) is 0. The van der Waals surface area contributed by atoms with Crippen molar-refractivity contribution in [1.82, 2.24) is 0 Å². The Morgan fingerprint density at radius 1 is 0.800 bits per heavy atom. The van der Waals surface area contributed by atoms with Crippen LogP contribution < -0.4 is 0 Å². The smallest absolute Gasteiger partial charge is 0.104 e. The third-order valence-electron chi connectivity index (χ3n) is 4.25. The summed E-state index contributed by atoms with van der Waals surface area (Å²) >= 11 is 0. The first-order valence-corrected chi connectivity index (χ1v) is 9.10. The van der Waals surface area contributed by atoms with E-state index in [1.165, 1.54) is 77.0 Å². The molecule has 0 bridgehead atoms. The molecule has 0 aromatic rings. The van der Waals surface area contributed by atoms with Crippen LogP contribution in [0.15, 0.2) is 0 Å². The molecule has 0 spiro atoms. The van der Waals surface area contributed by atoms with Crippen LogP contribution in [-0.4, -0.2) is 25.4 Å². The zero-order chi connectivity index (χ0) is 14.5. The average Bonchev–Trinajstić information content (AvgIpc) is 2.41. The summed E-state index contributed by atoms with van der Waals surface area (Å²) in [5.74, 6) is 0. The summed E-state index contributed by atoms with van der Waals surface area (Å²) in [7, 11) is 0. The fourth-order valence-electron chi connectivity index (χ4n) is 2.80. The third-order valence-corrected chi connectivity index (χ3v) is 4.25. The van der Waals surface area contributed by atoms with Gasteiger partial charge in [-0.1, -0.05) is 78.1 Å². The van der Waals surface area contributed by atoms with Gasteiger partial charge in [-0.25, -0.2) is 0 Å². The molecule has 0 unspecified atom stereocenters. The normalized spacial score (nSPS) is 15.8. The van der Waals surface area contributed by atoms with Gasteiger partial charge in [0.2, 0.25) is 0 Å². The van der Waals surface area contributed by atoms with Gasteiger partial charge < -0.3 is 9.47 Å². The number of hydrogen-bond donors (Lipinski definition) is 0. The van der Waals surface area contributed by atoms with Gasteiger partial charge in [0.25, 0.3) is 0 Å². The molecular weight excluding hydrogens is 248 g/mol. The second-order valence-corrected chi connectivity index (χ2v) is 6.32. The van der Waals surface area contributed by atoms with Gasteiger partial charge in [-0.15, -0.1) is 0 Å². The molecule has 1 saturated heterocycles. The van der Waals surface area contributed by atoms with Crippen molar-refractivity contribution >= 4 is 0 Å². The molecule has 0 N–H and O–H groups in total. The van der Waals surface area contributed by atoms with Crippen molar-refractivity contribution in [2.45, 2.75) is 103 Å². The second kappa shape index (κ2) is 12.6. The minimum atomic E-state index is 0.395. The molecule has 20 heavy (non-hydrogen) atoms. The highest BCUT2D eigenvalue weighted by Crippen LogP contribution is 2.19. The molecule has 1 heterocycles. The van der Waals surface area contributed by atoms with Crippen molar-refractivity contribution in [3.8, 4) is 0 Å². The molecule has 1 fully saturated rings. The topological polar surface area (TPSA) is 18.5 Å². The van der Waals surface area contributed by atoms with E-state index in [9.17, 15) is 0 Å². The first-order chi connectivity index (χ1) is 9.86. The first-order valence-electron chi connectivity index (χ1n) is 9.10. The summed E-state index contributed by atoms with van der Waals surface area (Å²) < 4.78 is 11.4. The number of rotatable bonds is 14. The van der Waals surface area contributed by atoms with Crippen molar-refractivity contribution < 1.29 is 9.47 Å². The van der Waals surface area contributed by atoms with Crippen LogP contribution in [0.5, 0.6) is 0 Å². The summed E-state index contributed by atoms with van der Waals surface area (Å²) in [4.78, 5) is 0. The maximum Gasteiger partial charge on any atom is 0.104 e. The van der Waals surface area contributed by atoms with Gasteiger partial charge in [0.1, 0.15) is 6.10 Å². The molecule has 2 nitrogen and oxygen atoms in total. The van der Waals surface area contributed by atoms with E-state index in [1.54, 1.807) is 0 Å². The van der Waals surface area contributed by atoms with Gasteiger partial charge in [-0.3, -0.25) is 0 Å². The second-order valence-electron chi connectivity index (χ2n) is 6.32. The van der Waals surface area contributed by atoms with Crippen LogP contribution in [-0.2, 0) is 9.47 Å². The molecule has 120 valence electrons. The van der Waals surface area contributed by atoms with Gasteiger partial charge in [0.15, 0.2) is 0 Å². The Labute approximate surface area is 126 Å². The summed E-state index contributed by atoms with van der Waals surface area (Å²) in [5, 5.41) is 0. The highest BCUT2D eigenvalue weighted by molar-refractivity contribution is 4.69. The lowest BCUT2D eigenvalue weighted by atomic mass is 10.0. The van der Waals surface area contributed by atoms with Crippen LogP contribution >= 0.6 is 0 Å². The van der Waals surface area contributed by atoms with Crippen molar-refractivity contribution in [3.05, 3.63) is 0 Å². The van der Waals surface area contributed by atoms with E-state index in [4.69, 9.17) is 9.47 Å². The SMILES string of the molecule is CCCCCCCC(CCCCCCC)OC1COC1. The van der Waals surface area contributed by atoms with Crippen LogP contribution in [0.25, 0.3) is 0 Å². The van der Waals surface area contributed by atoms with Crippen LogP contribution in [0.2, 0.25) is 0 Å². The van der Waals surface area contributed by atoms with Gasteiger partial charge >= 0.3 is 0 Å². The van der Waals surface area contributed by atoms with Gasteiger partial charge in [0, 0.05) is 0 Å². The van der Waals surface area contributed by atoms with Crippen LogP contribution in [0.4, 0.5) is 0 Å². The number of unbranched alkanes of at least 4 members (excludes halogenated alkanes) is 8. The Hall–Kier alpha value is -0.0800. The number of hydrogen-bond acceptors (Lipinski definition) is 2. The van der Waals surface area contributed by atoms with E-state index in [0.717, 1.165) is 13.2 Å². The lowest BCUT2D eigenvalue weighted by Crippen LogP contribution is -2.39. The summed E-state index contributed by atoms with van der Waals surface area (Å²) in [6, 6.07) is 0. The first kappa shape index (κ1) is 18.0. The van der Waals surface area contributed by atoms with Gasteiger partial charge in [0.05, 0.1) is 19.3 Å². The maximum absolute atomic E-state index is 6.17. The molecule has 0 aromatic carbocycles. The molecule has 0 radical (unpaired) electrons. The molecule has 0 atom stereocenters. The minimum absolute atomic E-state index is 0.395. The fraction of sp³-hybridized carbons (Fsp3) is 1.00. The highest BCUT2D eigenvalue weighted by atomic mass is 16.6. The predicted molar refractivity (Wildman–Crippen MR) is 86.2 cm³/mol. The molecule has 0 amide bonds. The lowest BCUT2D eigenvalue weighted by molar-refractivity contribution is -0.157. The Bertz CT molecular complexity index is 188. The highest BCUT2D eigenvalue weighted by Gasteiger charge is 2.22. The zero-order valence-electron chi connectivity index (χ0n) is 13.9. The molecule has 0 saturated carbocycles. The molecule has 2 heteroatoms. The molecule has 0 aromatic heterocycles. The summed E-state index contributed by atoms with van der Waals surface area (Å²) in [6.45, 7) is 6.20. The van der Waals surface area contributed by atoms with E-state index in [-0.39, 0.29) is 0 Å². The molecule has 0 aliphatic carbocycles. The zero-order valence-corrected chi connectivity index (χ0v) is 13.9. The maximum atomic E-state index is 6.17. The molecule has 1 aliphatic heterocycles. The van der Waals surface area contributed by atoms with Gasteiger partial charge in [-0.2, -0.15) is 0 Å². The molecule has 1 rings (SSSR count). The van der Waals surface area contributed by atoms with Crippen LogP contribution in [0, 0.1) is 0 Å². The van der Waals surface area contributed by atoms with E-state index >= 15 is 0 Å². The van der Waals surface area contributed by atoms with E-state index in [1.807, 2.05) is 0 Å². The van der Waals surface area contributed by atoms with Crippen molar-refractivity contribution in [3.63, 3.8) is 0 Å². The largest absolute Gasteiger partial charge is 0.376 e. The van der Waals surface area contributed by atoms with Gasteiger partial charge in [-0.05, 0) is 12.8 Å². The Kier molecular flexibility index (Phi) is 11.4. The molecule has 1 aliphatic rings. The average molecular weight is 284 g/mol. The quantitative estimate of drug-likeness (QED) is 0.393. The number of ether oxygens (including phenoxy) is 2. The Morgan fingerprint density at radius 2 is 1.30 bits per heavy atom. The Balaban J connectivity index is 2.07. The lowest BCUT2D eigenvalue weighted by Gasteiger charge is -2.31. The van der Waals surface area contributed by atoms with E-state index < -0.39 is 0 Å². The van der Waals surface area contributed by atoms with Crippen molar-refractivity contribution in [2.24, 2.45) is 0 Å². The summed E-state index contributed by atoms with van der Waals surface area (Å²) in [6.07, 6.45) is 17.1. The fourth-order valence-corrected chi connectivity index (χ4v) is 2.80. The molecular formula is C18H36O2. The van der Waals surface area contributed by atoms with E-state index in [2.05, 4.69) is 13.8 Å². The van der Waals surface area contributed by atoms with Crippen molar-refractivity contribution in [1.29, 1.82) is 0 Å². The van der Waals surface area contributed by atoms with E-state index in [0.29, 0.717) is 12.2 Å².